The highest BCUT2D eigenvalue weighted by atomic mass is 15.2. The highest BCUT2D eigenvalue weighted by molar-refractivity contribution is 5.86. The minimum absolute atomic E-state index is 0.642. The van der Waals surface area contributed by atoms with Crippen LogP contribution >= 0.6 is 0 Å². The summed E-state index contributed by atoms with van der Waals surface area (Å²) in [4.78, 5) is 2.77. The number of nitrogens with zero attached hydrogens (tertiary/aromatic N) is 2. The summed E-state index contributed by atoms with van der Waals surface area (Å²) in [5.41, 5.74) is 8.01. The van der Waals surface area contributed by atoms with Crippen molar-refractivity contribution in [3.8, 4) is 0 Å². The van der Waals surface area contributed by atoms with Crippen molar-refractivity contribution in [1.82, 2.24) is 9.47 Å². The van der Waals surface area contributed by atoms with Crippen molar-refractivity contribution in [2.45, 2.75) is 87.2 Å². The van der Waals surface area contributed by atoms with Crippen molar-refractivity contribution in [3.63, 3.8) is 0 Å². The van der Waals surface area contributed by atoms with Crippen LogP contribution in [0.15, 0.2) is 35.4 Å². The molecule has 3 aliphatic rings. The summed E-state index contributed by atoms with van der Waals surface area (Å²) >= 11 is 0. The van der Waals surface area contributed by atoms with Gasteiger partial charge in [0.1, 0.15) is 0 Å². The van der Waals surface area contributed by atoms with Crippen molar-refractivity contribution in [2.24, 2.45) is 5.92 Å². The van der Waals surface area contributed by atoms with Crippen molar-refractivity contribution < 1.29 is 0 Å². The third-order valence-electron chi connectivity index (χ3n) is 6.20. The van der Waals surface area contributed by atoms with E-state index in [4.69, 9.17) is 0 Å². The molecule has 2 atom stereocenters. The summed E-state index contributed by atoms with van der Waals surface area (Å²) in [6.45, 7) is 20.3. The van der Waals surface area contributed by atoms with Crippen LogP contribution in [0.4, 0.5) is 0 Å². The van der Waals surface area contributed by atoms with E-state index in [1.165, 1.54) is 43.3 Å². The number of aromatic nitrogens is 1. The van der Waals surface area contributed by atoms with Gasteiger partial charge in [0.2, 0.25) is 0 Å². The molecule has 2 unspecified atom stereocenters. The van der Waals surface area contributed by atoms with Crippen LogP contribution in [0.25, 0.3) is 10.9 Å². The zero-order valence-electron chi connectivity index (χ0n) is 19.6. The van der Waals surface area contributed by atoms with Gasteiger partial charge in [-0.2, -0.15) is 0 Å². The second-order valence-electron chi connectivity index (χ2n) is 7.47. The Bertz CT molecular complexity index is 792. The average Bonchev–Trinajstić information content (AvgIpc) is 3.11. The molecule has 2 heteroatoms. The zero-order valence-corrected chi connectivity index (χ0v) is 19.6. The minimum atomic E-state index is 0.642. The molecule has 0 amide bonds. The molecule has 0 spiro atoms. The van der Waals surface area contributed by atoms with E-state index in [0.29, 0.717) is 6.04 Å². The third-order valence-corrected chi connectivity index (χ3v) is 6.20. The summed E-state index contributed by atoms with van der Waals surface area (Å²) in [6, 6.07) is 9.71. The van der Waals surface area contributed by atoms with Gasteiger partial charge in [-0.25, -0.2) is 0 Å². The first-order valence-electron chi connectivity index (χ1n) is 11.8. The number of benzene rings is 1. The molecule has 1 fully saturated rings. The molecule has 2 aromatic rings. The number of hydrogen-bond donors (Lipinski definition) is 0. The lowest BCUT2D eigenvalue weighted by Crippen LogP contribution is -2.47. The number of allylic oxidation sites excluding steroid dienone is 1. The molecule has 3 aliphatic heterocycles. The lowest BCUT2D eigenvalue weighted by molar-refractivity contribution is 0.0822. The third kappa shape index (κ3) is 3.68. The SMILES string of the molecule is CC.CC.CC.CC(C)=C1Cn2c3c(c4ccccc42)CCN2CCCC1C32. The topological polar surface area (TPSA) is 8.17 Å². The average molecular weight is 383 g/mol. The Morgan fingerprint density at radius 3 is 2.29 bits per heavy atom. The van der Waals surface area contributed by atoms with Gasteiger partial charge in [0.15, 0.2) is 0 Å². The summed E-state index contributed by atoms with van der Waals surface area (Å²) < 4.78 is 2.64. The fourth-order valence-electron chi connectivity index (χ4n) is 5.28. The van der Waals surface area contributed by atoms with Gasteiger partial charge >= 0.3 is 0 Å². The minimum Gasteiger partial charge on any atom is -0.339 e. The van der Waals surface area contributed by atoms with Crippen LogP contribution in [0.2, 0.25) is 0 Å². The van der Waals surface area contributed by atoms with Gasteiger partial charge in [0.25, 0.3) is 0 Å². The first-order valence-corrected chi connectivity index (χ1v) is 11.8. The number of piperidine rings is 1. The van der Waals surface area contributed by atoms with Gasteiger partial charge in [0, 0.05) is 35.6 Å². The number of rotatable bonds is 0. The fourth-order valence-corrected chi connectivity index (χ4v) is 5.28. The molecule has 5 rings (SSSR count). The summed E-state index contributed by atoms with van der Waals surface area (Å²) in [5.74, 6) is 0.759. The molecule has 1 aromatic heterocycles. The molecule has 156 valence electrons. The Labute approximate surface area is 173 Å². The van der Waals surface area contributed by atoms with Gasteiger partial charge in [-0.15, -0.1) is 0 Å². The molecule has 4 heterocycles. The maximum Gasteiger partial charge on any atom is 0.0570 e. The molecule has 0 aliphatic carbocycles. The van der Waals surface area contributed by atoms with Crippen LogP contribution in [0.5, 0.6) is 0 Å². The van der Waals surface area contributed by atoms with E-state index >= 15 is 0 Å². The largest absolute Gasteiger partial charge is 0.339 e. The van der Waals surface area contributed by atoms with Crippen LogP contribution < -0.4 is 0 Å². The van der Waals surface area contributed by atoms with Gasteiger partial charge < -0.3 is 4.57 Å². The fraction of sp³-hybridized carbons (Fsp3) is 0.615. The van der Waals surface area contributed by atoms with Gasteiger partial charge in [-0.05, 0) is 56.9 Å². The van der Waals surface area contributed by atoms with Crippen molar-refractivity contribution in [3.05, 3.63) is 46.7 Å². The standard InChI is InChI=1S/C20H24N2.3C2H6/c1-13(2)17-12-22-18-8-4-3-6-14(18)16-9-11-21-10-5-7-15(17)19(21)20(16)22;3*1-2/h3-4,6,8,15,19H,5,7,9-12H2,1-2H3;3*1-2H3. The monoisotopic (exact) mass is 382 g/mol. The van der Waals surface area contributed by atoms with Crippen LogP contribution in [-0.4, -0.2) is 22.6 Å². The first-order chi connectivity index (χ1) is 13.8. The Kier molecular flexibility index (Phi) is 8.37. The maximum absolute atomic E-state index is 2.77. The second kappa shape index (κ2) is 10.3. The van der Waals surface area contributed by atoms with Crippen molar-refractivity contribution >= 4 is 10.9 Å². The lowest BCUT2D eigenvalue weighted by Gasteiger charge is -2.49. The number of para-hydroxylation sites is 1. The van der Waals surface area contributed by atoms with E-state index in [0.717, 1.165) is 12.5 Å². The Morgan fingerprint density at radius 2 is 1.61 bits per heavy atom. The van der Waals surface area contributed by atoms with Crippen LogP contribution in [0.3, 0.4) is 0 Å². The van der Waals surface area contributed by atoms with Crippen molar-refractivity contribution in [2.75, 3.05) is 13.1 Å². The zero-order chi connectivity index (χ0) is 20.8. The molecule has 1 saturated heterocycles. The van der Waals surface area contributed by atoms with Crippen molar-refractivity contribution in [1.29, 1.82) is 0 Å². The molecule has 28 heavy (non-hydrogen) atoms. The van der Waals surface area contributed by atoms with Crippen LogP contribution in [0.1, 0.15) is 85.5 Å². The quantitative estimate of drug-likeness (QED) is 0.431. The first kappa shape index (κ1) is 22.7. The van der Waals surface area contributed by atoms with E-state index in [9.17, 15) is 0 Å². The summed E-state index contributed by atoms with van der Waals surface area (Å²) in [6.07, 6.45) is 3.98. The van der Waals surface area contributed by atoms with Gasteiger partial charge in [-0.3, -0.25) is 4.90 Å². The smallest absolute Gasteiger partial charge is 0.0570 e. The lowest BCUT2D eigenvalue weighted by atomic mass is 9.75. The Balaban J connectivity index is 0.000000430. The molecular formula is C26H42N2. The number of fused-ring (bicyclic) bond motifs is 3. The molecular weight excluding hydrogens is 340 g/mol. The van der Waals surface area contributed by atoms with E-state index in [1.807, 2.05) is 41.5 Å². The Hall–Kier alpha value is -1.54. The molecule has 1 aromatic carbocycles. The van der Waals surface area contributed by atoms with E-state index < -0.39 is 0 Å². The molecule has 2 nitrogen and oxygen atoms in total. The normalized spacial score (nSPS) is 21.9. The molecule has 0 radical (unpaired) electrons. The maximum atomic E-state index is 2.77. The second-order valence-corrected chi connectivity index (χ2v) is 7.47. The predicted molar refractivity (Wildman–Crippen MR) is 125 cm³/mol. The predicted octanol–water partition coefficient (Wildman–Crippen LogP) is 7.38. The number of hydrogen-bond acceptors (Lipinski definition) is 1. The van der Waals surface area contributed by atoms with E-state index in [-0.39, 0.29) is 0 Å². The molecule has 0 bridgehead atoms. The molecule has 0 saturated carbocycles. The highest BCUT2D eigenvalue weighted by Crippen LogP contribution is 2.50. The Morgan fingerprint density at radius 1 is 0.929 bits per heavy atom. The van der Waals surface area contributed by atoms with Gasteiger partial charge in [-0.1, -0.05) is 65.3 Å². The highest BCUT2D eigenvalue weighted by Gasteiger charge is 2.44. The van der Waals surface area contributed by atoms with E-state index in [1.54, 1.807) is 22.4 Å². The summed E-state index contributed by atoms with van der Waals surface area (Å²) in [7, 11) is 0. The van der Waals surface area contributed by atoms with Crippen LogP contribution in [0, 0.1) is 5.92 Å². The van der Waals surface area contributed by atoms with E-state index in [2.05, 4.69) is 47.6 Å². The summed E-state index contributed by atoms with van der Waals surface area (Å²) in [5, 5.41) is 1.51. The van der Waals surface area contributed by atoms with Crippen LogP contribution in [-0.2, 0) is 13.0 Å². The molecule has 0 N–H and O–H groups in total. The van der Waals surface area contributed by atoms with Gasteiger partial charge in [0.05, 0.1) is 6.04 Å².